The molecule has 1 N–H and O–H groups in total. The molecule has 2 aromatic carbocycles. The Morgan fingerprint density at radius 3 is 2.15 bits per heavy atom. The second kappa shape index (κ2) is 8.69. The smallest absolute Gasteiger partial charge is 0.350 e. The molecule has 2 heterocycles. The van der Waals surface area contributed by atoms with Crippen molar-refractivity contribution in [2.24, 2.45) is 0 Å². The number of esters is 1. The van der Waals surface area contributed by atoms with Crippen molar-refractivity contribution in [1.82, 2.24) is 4.98 Å². The molecule has 8 nitrogen and oxygen atoms in total. The number of sulfone groups is 1. The number of anilines is 1. The molecule has 1 unspecified atom stereocenters. The average molecular weight is 499 g/mol. The van der Waals surface area contributed by atoms with E-state index < -0.39 is 38.4 Å². The molecule has 1 amide bonds. The van der Waals surface area contributed by atoms with E-state index in [4.69, 9.17) is 4.74 Å². The zero-order valence-corrected chi connectivity index (χ0v) is 20.5. The summed E-state index contributed by atoms with van der Waals surface area (Å²) in [5.41, 5.74) is 2.61. The third-order valence-corrected chi connectivity index (χ3v) is 8.56. The lowest BCUT2D eigenvalue weighted by Crippen LogP contribution is -2.31. The fourth-order valence-corrected chi connectivity index (χ4v) is 6.35. The highest BCUT2D eigenvalue weighted by molar-refractivity contribution is 7.95. The van der Waals surface area contributed by atoms with E-state index in [-0.39, 0.29) is 14.9 Å². The summed E-state index contributed by atoms with van der Waals surface area (Å²) in [5.74, 6) is -2.41. The number of hydrogen-bond donors (Lipinski definition) is 1. The number of aryl methyl sites for hydroxylation is 3. The topological polar surface area (TPSA) is 114 Å². The van der Waals surface area contributed by atoms with Gasteiger partial charge in [0.25, 0.3) is 5.91 Å². The second-order valence-electron chi connectivity index (χ2n) is 7.92. The molecular formula is C24H22N2O6S2. The van der Waals surface area contributed by atoms with E-state index in [9.17, 15) is 23.1 Å². The lowest BCUT2D eigenvalue weighted by atomic mass is 10.1. The summed E-state index contributed by atoms with van der Waals surface area (Å²) in [5, 5.41) is 10.9. The van der Waals surface area contributed by atoms with E-state index in [1.165, 1.54) is 19.2 Å². The molecule has 176 valence electrons. The van der Waals surface area contributed by atoms with Gasteiger partial charge < -0.3 is 9.84 Å². The number of thiazole rings is 1. The largest absolute Gasteiger partial charge is 0.502 e. The van der Waals surface area contributed by atoms with Gasteiger partial charge in [0.05, 0.1) is 17.7 Å². The van der Waals surface area contributed by atoms with Crippen LogP contribution in [0.2, 0.25) is 0 Å². The van der Waals surface area contributed by atoms with Gasteiger partial charge in [-0.3, -0.25) is 9.69 Å². The lowest BCUT2D eigenvalue weighted by Gasteiger charge is -2.25. The van der Waals surface area contributed by atoms with Crippen LogP contribution in [-0.2, 0) is 19.4 Å². The van der Waals surface area contributed by atoms with Crippen LogP contribution in [-0.4, -0.2) is 37.5 Å². The molecule has 1 aromatic heterocycles. The number of rotatable bonds is 5. The van der Waals surface area contributed by atoms with Crippen LogP contribution in [0.25, 0.3) is 0 Å². The van der Waals surface area contributed by atoms with Gasteiger partial charge in [0, 0.05) is 0 Å². The van der Waals surface area contributed by atoms with Crippen molar-refractivity contribution in [3.05, 3.63) is 86.5 Å². The number of methoxy groups -OCH3 is 1. The van der Waals surface area contributed by atoms with Crippen molar-refractivity contribution in [3.63, 3.8) is 0 Å². The highest BCUT2D eigenvalue weighted by atomic mass is 32.2. The molecule has 1 aliphatic heterocycles. The van der Waals surface area contributed by atoms with Gasteiger partial charge in [0.1, 0.15) is 15.8 Å². The van der Waals surface area contributed by atoms with Gasteiger partial charge in [-0.2, -0.15) is 0 Å². The molecule has 3 aromatic rings. The summed E-state index contributed by atoms with van der Waals surface area (Å²) in [4.78, 5) is 30.5. The van der Waals surface area contributed by atoms with Crippen LogP contribution in [0.1, 0.15) is 38.1 Å². The average Bonchev–Trinajstić information content (AvgIpc) is 3.31. The standard InChI is InChI=1S/C24H22N2O6S2/c1-13-5-9-16(10-6-13)18-21(34(30,31)17-11-7-14(2)8-12-17)19(27)22(28)26(18)24-25-15(3)20(33-24)23(29)32-4/h5-12,18,27H,1-4H3. The van der Waals surface area contributed by atoms with Crippen molar-refractivity contribution in [2.45, 2.75) is 31.7 Å². The number of aromatic nitrogens is 1. The van der Waals surface area contributed by atoms with Crippen LogP contribution in [0.4, 0.5) is 5.13 Å². The Morgan fingerprint density at radius 1 is 1.03 bits per heavy atom. The number of amides is 1. The van der Waals surface area contributed by atoms with E-state index in [0.29, 0.717) is 11.3 Å². The molecule has 0 spiro atoms. The number of carbonyl (C=O) groups is 2. The molecule has 0 fully saturated rings. The van der Waals surface area contributed by atoms with Crippen LogP contribution >= 0.6 is 11.3 Å². The van der Waals surface area contributed by atoms with Crippen LogP contribution < -0.4 is 4.90 Å². The van der Waals surface area contributed by atoms with Gasteiger partial charge in [0.2, 0.25) is 9.84 Å². The van der Waals surface area contributed by atoms with Crippen LogP contribution in [0, 0.1) is 20.8 Å². The van der Waals surface area contributed by atoms with Crippen molar-refractivity contribution in [1.29, 1.82) is 0 Å². The molecule has 1 aliphatic rings. The first-order valence-corrected chi connectivity index (χ1v) is 12.6. The quantitative estimate of drug-likeness (QED) is 0.525. The number of aliphatic hydroxyl groups excluding tert-OH is 1. The van der Waals surface area contributed by atoms with Gasteiger partial charge in [-0.05, 0) is 38.5 Å². The zero-order valence-electron chi connectivity index (χ0n) is 18.9. The van der Waals surface area contributed by atoms with Crippen LogP contribution in [0.5, 0.6) is 0 Å². The third-order valence-electron chi connectivity index (χ3n) is 5.54. The first-order valence-electron chi connectivity index (χ1n) is 10.3. The highest BCUT2D eigenvalue weighted by Gasteiger charge is 2.49. The minimum absolute atomic E-state index is 0.0445. The fraction of sp³-hybridized carbons (Fsp3) is 0.208. The number of aliphatic hydroxyl groups is 1. The summed E-state index contributed by atoms with van der Waals surface area (Å²) in [6, 6.07) is 12.0. The summed E-state index contributed by atoms with van der Waals surface area (Å²) in [7, 11) is -3.02. The minimum atomic E-state index is -4.26. The highest BCUT2D eigenvalue weighted by Crippen LogP contribution is 2.46. The Labute approximate surface area is 201 Å². The normalized spacial score (nSPS) is 16.3. The van der Waals surface area contributed by atoms with Crippen molar-refractivity contribution >= 4 is 38.2 Å². The molecule has 0 aliphatic carbocycles. The molecule has 0 bridgehead atoms. The fourth-order valence-electron chi connectivity index (χ4n) is 3.72. The van der Waals surface area contributed by atoms with E-state index in [0.717, 1.165) is 27.4 Å². The monoisotopic (exact) mass is 498 g/mol. The summed E-state index contributed by atoms with van der Waals surface area (Å²) >= 11 is 0.894. The molecule has 1 atom stereocenters. The predicted molar refractivity (Wildman–Crippen MR) is 128 cm³/mol. The van der Waals surface area contributed by atoms with Gasteiger partial charge in [0.15, 0.2) is 10.9 Å². The van der Waals surface area contributed by atoms with Crippen molar-refractivity contribution in [3.8, 4) is 0 Å². The number of nitrogens with zero attached hydrogens (tertiary/aromatic N) is 2. The predicted octanol–water partition coefficient (Wildman–Crippen LogP) is 4.19. The van der Waals surface area contributed by atoms with Crippen molar-refractivity contribution in [2.75, 3.05) is 12.0 Å². The van der Waals surface area contributed by atoms with E-state index >= 15 is 0 Å². The Morgan fingerprint density at radius 2 is 1.59 bits per heavy atom. The maximum atomic E-state index is 13.7. The zero-order chi connectivity index (χ0) is 24.8. The minimum Gasteiger partial charge on any atom is -0.502 e. The molecule has 0 saturated carbocycles. The lowest BCUT2D eigenvalue weighted by molar-refractivity contribution is -0.117. The first kappa shape index (κ1) is 23.7. The number of hydrogen-bond acceptors (Lipinski definition) is 8. The van der Waals surface area contributed by atoms with Gasteiger partial charge in [-0.15, -0.1) is 0 Å². The summed E-state index contributed by atoms with van der Waals surface area (Å²) < 4.78 is 32.1. The van der Waals surface area contributed by atoms with Crippen LogP contribution in [0.3, 0.4) is 0 Å². The molecule has 4 rings (SSSR count). The Bertz CT molecular complexity index is 1420. The number of carbonyl (C=O) groups excluding carboxylic acids is 2. The van der Waals surface area contributed by atoms with E-state index in [1.54, 1.807) is 43.3 Å². The Hall–Kier alpha value is -3.50. The Balaban J connectivity index is 1.93. The van der Waals surface area contributed by atoms with E-state index in [1.807, 2.05) is 13.8 Å². The molecule has 0 saturated heterocycles. The van der Waals surface area contributed by atoms with Gasteiger partial charge in [-0.25, -0.2) is 18.2 Å². The number of ether oxygens (including phenoxy) is 1. The molecule has 0 radical (unpaired) electrons. The summed E-state index contributed by atoms with van der Waals surface area (Å²) in [6.07, 6.45) is 0. The number of benzene rings is 2. The van der Waals surface area contributed by atoms with Gasteiger partial charge >= 0.3 is 5.97 Å². The molecule has 10 heteroatoms. The Kier molecular flexibility index (Phi) is 6.05. The summed E-state index contributed by atoms with van der Waals surface area (Å²) in [6.45, 7) is 5.29. The molecule has 34 heavy (non-hydrogen) atoms. The van der Waals surface area contributed by atoms with Crippen LogP contribution in [0.15, 0.2) is 64.1 Å². The van der Waals surface area contributed by atoms with Crippen molar-refractivity contribution < 1.29 is 27.9 Å². The maximum Gasteiger partial charge on any atom is 0.350 e. The first-order chi connectivity index (χ1) is 16.1. The molecular weight excluding hydrogens is 476 g/mol. The SMILES string of the molecule is COC(=O)c1sc(N2C(=O)C(O)=C(S(=O)(=O)c3ccc(C)cc3)C2c2ccc(C)cc2)nc1C. The van der Waals surface area contributed by atoms with E-state index in [2.05, 4.69) is 4.98 Å². The maximum absolute atomic E-state index is 13.7. The third kappa shape index (κ3) is 3.88. The second-order valence-corrected chi connectivity index (χ2v) is 10.8. The van der Waals surface area contributed by atoms with Gasteiger partial charge in [-0.1, -0.05) is 58.9 Å².